The highest BCUT2D eigenvalue weighted by atomic mass is 32.1. The van der Waals surface area contributed by atoms with E-state index in [-0.39, 0.29) is 5.56 Å². The zero-order chi connectivity index (χ0) is 21.1. The topological polar surface area (TPSA) is 90.5 Å². The van der Waals surface area contributed by atoms with E-state index < -0.39 is 12.1 Å². The van der Waals surface area contributed by atoms with Gasteiger partial charge in [-0.25, -0.2) is 9.78 Å². The molecule has 0 aliphatic heterocycles. The van der Waals surface area contributed by atoms with Gasteiger partial charge in [0.05, 0.1) is 19.6 Å². The molecule has 8 heteroatoms. The van der Waals surface area contributed by atoms with Crippen LogP contribution in [0, 0.1) is 13.8 Å². The molecule has 3 aromatic rings. The second-order valence-electron chi connectivity index (χ2n) is 6.43. The maximum atomic E-state index is 12.4. The third kappa shape index (κ3) is 4.32. The third-order valence-corrected chi connectivity index (χ3v) is 5.68. The molecule has 3 rings (SSSR count). The van der Waals surface area contributed by atoms with Gasteiger partial charge < -0.3 is 19.2 Å². The molecule has 0 radical (unpaired) electrons. The summed E-state index contributed by atoms with van der Waals surface area (Å²) in [7, 11) is 3.11. The van der Waals surface area contributed by atoms with Gasteiger partial charge in [-0.2, -0.15) is 0 Å². The number of aryl methyl sites for hydroxylation is 2. The molecule has 0 saturated heterocycles. The Morgan fingerprint density at radius 3 is 2.69 bits per heavy atom. The van der Waals surface area contributed by atoms with Crippen LogP contribution in [-0.4, -0.2) is 30.2 Å². The molecule has 1 aromatic carbocycles. The molecule has 152 valence electrons. The van der Waals surface area contributed by atoms with Crippen LogP contribution in [0.3, 0.4) is 0 Å². The van der Waals surface area contributed by atoms with Gasteiger partial charge in [0, 0.05) is 22.6 Å². The van der Waals surface area contributed by atoms with Gasteiger partial charge in [-0.15, -0.1) is 11.3 Å². The van der Waals surface area contributed by atoms with Crippen molar-refractivity contribution in [2.75, 3.05) is 14.2 Å². The van der Waals surface area contributed by atoms with Gasteiger partial charge in [0.25, 0.3) is 5.56 Å². The summed E-state index contributed by atoms with van der Waals surface area (Å²) >= 11 is 1.45. The number of thiophene rings is 1. The number of esters is 1. The summed E-state index contributed by atoms with van der Waals surface area (Å²) in [6.07, 6.45) is 2.19. The zero-order valence-electron chi connectivity index (χ0n) is 16.9. The second kappa shape index (κ2) is 8.48. The van der Waals surface area contributed by atoms with E-state index in [9.17, 15) is 9.59 Å². The first-order valence-electron chi connectivity index (χ1n) is 8.94. The number of ether oxygens (including phenoxy) is 3. The Morgan fingerprint density at radius 1 is 1.24 bits per heavy atom. The van der Waals surface area contributed by atoms with Crippen molar-refractivity contribution in [2.45, 2.75) is 26.9 Å². The van der Waals surface area contributed by atoms with Gasteiger partial charge in [-0.05, 0) is 44.5 Å². The van der Waals surface area contributed by atoms with Crippen molar-refractivity contribution in [2.24, 2.45) is 0 Å². The Balaban J connectivity index is 1.76. The van der Waals surface area contributed by atoms with E-state index in [4.69, 9.17) is 14.2 Å². The van der Waals surface area contributed by atoms with E-state index in [1.807, 2.05) is 13.8 Å². The fraction of sp³-hybridized carbons (Fsp3) is 0.286. The van der Waals surface area contributed by atoms with Crippen LogP contribution in [-0.2, 0) is 9.53 Å². The molecule has 0 aliphatic carbocycles. The van der Waals surface area contributed by atoms with Crippen molar-refractivity contribution in [3.8, 4) is 11.5 Å². The molecule has 2 aromatic heterocycles. The van der Waals surface area contributed by atoms with Crippen LogP contribution in [0.5, 0.6) is 11.5 Å². The average molecular weight is 414 g/mol. The molecule has 1 N–H and O–H groups in total. The molecule has 0 amide bonds. The summed E-state index contributed by atoms with van der Waals surface area (Å²) in [5.74, 6) is 0.977. The Bertz CT molecular complexity index is 1150. The number of benzene rings is 1. The van der Waals surface area contributed by atoms with Gasteiger partial charge in [0.2, 0.25) is 0 Å². The van der Waals surface area contributed by atoms with Crippen LogP contribution in [0.4, 0.5) is 0 Å². The summed E-state index contributed by atoms with van der Waals surface area (Å²) in [5, 5.41) is 0.585. The fourth-order valence-corrected chi connectivity index (χ4v) is 3.88. The van der Waals surface area contributed by atoms with Crippen LogP contribution in [0.1, 0.15) is 34.9 Å². The van der Waals surface area contributed by atoms with Crippen molar-refractivity contribution in [1.82, 2.24) is 9.97 Å². The van der Waals surface area contributed by atoms with Crippen LogP contribution in [0.2, 0.25) is 0 Å². The van der Waals surface area contributed by atoms with Gasteiger partial charge in [-0.3, -0.25) is 4.79 Å². The number of carbonyl (C=O) groups is 1. The lowest BCUT2D eigenvalue weighted by molar-refractivity contribution is -0.142. The predicted molar refractivity (Wildman–Crippen MR) is 113 cm³/mol. The molecule has 0 spiro atoms. The number of hydrogen-bond acceptors (Lipinski definition) is 7. The lowest BCUT2D eigenvalue weighted by Crippen LogP contribution is -2.16. The molecule has 0 aliphatic rings. The van der Waals surface area contributed by atoms with Gasteiger partial charge in [0.15, 0.2) is 11.9 Å². The fourth-order valence-electron chi connectivity index (χ4n) is 2.85. The van der Waals surface area contributed by atoms with E-state index in [0.717, 1.165) is 10.4 Å². The van der Waals surface area contributed by atoms with Crippen molar-refractivity contribution >= 4 is 33.6 Å². The van der Waals surface area contributed by atoms with E-state index in [0.29, 0.717) is 33.1 Å². The van der Waals surface area contributed by atoms with Crippen LogP contribution in [0.15, 0.2) is 29.1 Å². The highest BCUT2D eigenvalue weighted by molar-refractivity contribution is 7.18. The number of aromatic nitrogens is 2. The minimum Gasteiger partial charge on any atom is -0.497 e. The van der Waals surface area contributed by atoms with E-state index in [1.165, 1.54) is 17.4 Å². The molecule has 1 atom stereocenters. The number of nitrogens with zero attached hydrogens (tertiary/aromatic N) is 1. The largest absolute Gasteiger partial charge is 0.497 e. The van der Waals surface area contributed by atoms with Crippen LogP contribution >= 0.6 is 11.3 Å². The Morgan fingerprint density at radius 2 is 2.00 bits per heavy atom. The van der Waals surface area contributed by atoms with Crippen LogP contribution < -0.4 is 15.0 Å². The summed E-state index contributed by atoms with van der Waals surface area (Å²) in [5.41, 5.74) is 1.40. The Kier molecular flexibility index (Phi) is 6.03. The molecule has 29 heavy (non-hydrogen) atoms. The maximum absolute atomic E-state index is 12.4. The van der Waals surface area contributed by atoms with E-state index in [1.54, 1.807) is 45.4 Å². The smallest absolute Gasteiger partial charge is 0.331 e. The van der Waals surface area contributed by atoms with Gasteiger partial charge in [0.1, 0.15) is 16.3 Å². The zero-order valence-corrected chi connectivity index (χ0v) is 17.7. The molecular formula is C21H22N2O5S. The van der Waals surface area contributed by atoms with Gasteiger partial charge in [-0.1, -0.05) is 0 Å². The van der Waals surface area contributed by atoms with Crippen molar-refractivity contribution in [3.63, 3.8) is 0 Å². The van der Waals surface area contributed by atoms with Crippen molar-refractivity contribution < 1.29 is 19.0 Å². The highest BCUT2D eigenvalue weighted by Gasteiger charge is 2.17. The summed E-state index contributed by atoms with van der Waals surface area (Å²) in [6, 6.07) is 5.27. The number of methoxy groups -OCH3 is 2. The predicted octanol–water partition coefficient (Wildman–Crippen LogP) is 3.94. The monoisotopic (exact) mass is 414 g/mol. The summed E-state index contributed by atoms with van der Waals surface area (Å²) < 4.78 is 15.9. The number of nitrogens with one attached hydrogen (secondary N) is 1. The van der Waals surface area contributed by atoms with E-state index >= 15 is 0 Å². The first kappa shape index (κ1) is 20.6. The average Bonchev–Trinajstić information content (AvgIpc) is 3.00. The highest BCUT2D eigenvalue weighted by Crippen LogP contribution is 2.27. The molecule has 0 bridgehead atoms. The Labute approximate surface area is 172 Å². The number of rotatable bonds is 6. The number of H-pyrrole nitrogens is 1. The summed E-state index contributed by atoms with van der Waals surface area (Å²) in [4.78, 5) is 33.5. The minimum atomic E-state index is -0.704. The molecule has 7 nitrogen and oxygen atoms in total. The first-order valence-corrected chi connectivity index (χ1v) is 9.76. The molecule has 0 unspecified atom stereocenters. The molecule has 0 saturated carbocycles. The lowest BCUT2D eigenvalue weighted by atomic mass is 10.1. The quantitative estimate of drug-likeness (QED) is 0.485. The molecule has 0 fully saturated rings. The first-order chi connectivity index (χ1) is 13.8. The lowest BCUT2D eigenvalue weighted by Gasteiger charge is -2.11. The molecule has 2 heterocycles. The van der Waals surface area contributed by atoms with Gasteiger partial charge >= 0.3 is 5.97 Å². The minimum absolute atomic E-state index is 0.228. The SMILES string of the molecule is COc1ccc(/C=C/C(=O)O[C@H](C)c2nc3sc(C)c(C)c3c(=O)[nH]2)c(OC)c1. The number of fused-ring (bicyclic) bond motifs is 1. The summed E-state index contributed by atoms with van der Waals surface area (Å²) in [6.45, 7) is 5.51. The van der Waals surface area contributed by atoms with E-state index in [2.05, 4.69) is 9.97 Å². The number of carbonyl (C=O) groups excluding carboxylic acids is 1. The van der Waals surface area contributed by atoms with Crippen molar-refractivity contribution in [3.05, 3.63) is 56.5 Å². The normalized spacial score (nSPS) is 12.3. The third-order valence-electron chi connectivity index (χ3n) is 4.58. The second-order valence-corrected chi connectivity index (χ2v) is 7.64. The Hall–Kier alpha value is -3.13. The molecular weight excluding hydrogens is 392 g/mol. The number of hydrogen-bond donors (Lipinski definition) is 1. The maximum Gasteiger partial charge on any atom is 0.331 e. The standard InChI is InChI=1S/C21H22N2O5S/c1-11-13(3)29-21-18(11)20(25)22-19(23-21)12(2)28-17(24)9-7-14-6-8-15(26-4)10-16(14)27-5/h6-10,12H,1-5H3,(H,22,23,25)/b9-7+/t12-/m1/s1. The van der Waals surface area contributed by atoms with Crippen LogP contribution in [0.25, 0.3) is 16.3 Å². The van der Waals surface area contributed by atoms with Crippen molar-refractivity contribution in [1.29, 1.82) is 0 Å². The number of aromatic amines is 1.